The molecule has 9 fully saturated rings. The minimum Gasteiger partial charge on any atom is -0.508 e. The molecule has 2 spiro atoms. The number of aliphatic hydroxyl groups is 8. The number of phenols is 1. The third-order valence-corrected chi connectivity index (χ3v) is 19.9. The van der Waals surface area contributed by atoms with Crippen molar-refractivity contribution in [3.63, 3.8) is 0 Å². The number of hydrogen-bond acceptors (Lipinski definition) is 19. The van der Waals surface area contributed by atoms with Crippen LogP contribution in [0.3, 0.4) is 0 Å². The Bertz CT molecular complexity index is 2250. The van der Waals surface area contributed by atoms with Gasteiger partial charge >= 0.3 is 5.97 Å². The number of ether oxygens (including phenoxy) is 9. The van der Waals surface area contributed by atoms with Gasteiger partial charge in [0.25, 0.3) is 0 Å². The van der Waals surface area contributed by atoms with Crippen LogP contribution in [0.5, 0.6) is 5.75 Å². The summed E-state index contributed by atoms with van der Waals surface area (Å²) in [5.74, 6) is -1.11. The van der Waals surface area contributed by atoms with Crippen molar-refractivity contribution >= 4 is 12.0 Å². The second-order valence-electron chi connectivity index (χ2n) is 24.8. The molecule has 0 amide bonds. The van der Waals surface area contributed by atoms with Gasteiger partial charge in [0, 0.05) is 30.3 Å². The molecule has 2 bridgehead atoms. The van der Waals surface area contributed by atoms with Gasteiger partial charge in [-0.25, -0.2) is 4.79 Å². The SMILES string of the molecule is CC(C)=C[C@@H]1C[C@](C)(O)[C@@H]2[C@H]3CC[C@@H]4[C@@]5(C)CC[C@H](O[C@@H]6OC[C@H](O)[C@H](O[C@@H]7O[C@H](CO)[C@@H](O)[C@H](OC(=O)/C=C/c8ccc(O)cc8)[C@H]7O)[C@H]6O[C@@H]6O[C@@H](CO)[C@H](O)[C@H]6O)C(C)(C)[C@@H]5CC[C@@]4(C)[C@@]34CO[C@@]2(C4)O1. The molecule has 9 N–H and O–H groups in total. The molecule has 1 aromatic carbocycles. The van der Waals surface area contributed by atoms with E-state index in [1.165, 1.54) is 18.2 Å². The molecule has 1 aromatic rings. The molecule has 414 valence electrons. The maximum atomic E-state index is 13.1. The molecule has 4 aliphatic carbocycles. The molecule has 9 aliphatic rings. The van der Waals surface area contributed by atoms with Gasteiger partial charge in [0.05, 0.1) is 44.2 Å². The highest BCUT2D eigenvalue weighted by molar-refractivity contribution is 5.87. The van der Waals surface area contributed by atoms with E-state index in [-0.39, 0.29) is 52.5 Å². The minimum atomic E-state index is -1.89. The summed E-state index contributed by atoms with van der Waals surface area (Å²) in [7, 11) is 0. The summed E-state index contributed by atoms with van der Waals surface area (Å²) in [6.07, 6.45) is -9.73. The van der Waals surface area contributed by atoms with E-state index in [9.17, 15) is 50.8 Å². The normalized spacial score (nSPS) is 50.4. The van der Waals surface area contributed by atoms with E-state index in [2.05, 4.69) is 47.6 Å². The molecule has 0 unspecified atom stereocenters. The lowest BCUT2D eigenvalue weighted by Crippen LogP contribution is -2.67. The Morgan fingerprint density at radius 3 is 2.12 bits per heavy atom. The summed E-state index contributed by atoms with van der Waals surface area (Å²) < 4.78 is 57.0. The van der Waals surface area contributed by atoms with Crippen molar-refractivity contribution in [2.45, 2.75) is 203 Å². The van der Waals surface area contributed by atoms with Crippen molar-refractivity contribution in [2.24, 2.45) is 45.3 Å². The number of carbonyl (C=O) groups is 1. The van der Waals surface area contributed by atoms with Gasteiger partial charge in [-0.05, 0) is 117 Å². The Morgan fingerprint density at radius 1 is 0.770 bits per heavy atom. The molecule has 5 heterocycles. The highest BCUT2D eigenvalue weighted by Crippen LogP contribution is 2.80. The van der Waals surface area contributed by atoms with Crippen LogP contribution in [-0.2, 0) is 47.4 Å². The zero-order chi connectivity index (χ0) is 53.1. The summed E-state index contributed by atoms with van der Waals surface area (Å²) in [6, 6.07) is 5.98. The van der Waals surface area contributed by atoms with Crippen LogP contribution in [0.15, 0.2) is 42.0 Å². The van der Waals surface area contributed by atoms with Crippen molar-refractivity contribution < 1.29 is 93.4 Å². The molecule has 5 saturated heterocycles. The molecule has 24 atom stereocenters. The van der Waals surface area contributed by atoms with Crippen LogP contribution in [0.4, 0.5) is 0 Å². The van der Waals surface area contributed by atoms with E-state index < -0.39 is 122 Å². The summed E-state index contributed by atoms with van der Waals surface area (Å²) in [4.78, 5) is 13.1. The van der Waals surface area contributed by atoms with Gasteiger partial charge in [-0.3, -0.25) is 0 Å². The Morgan fingerprint density at radius 2 is 1.45 bits per heavy atom. The Kier molecular flexibility index (Phi) is 14.7. The zero-order valence-electron chi connectivity index (χ0n) is 43.6. The molecule has 74 heavy (non-hydrogen) atoms. The lowest BCUT2D eigenvalue weighted by atomic mass is 9.35. The molecule has 10 rings (SSSR count). The minimum absolute atomic E-state index is 0.0275. The number of aromatic hydroxyl groups is 1. The lowest BCUT2D eigenvalue weighted by Gasteiger charge is -2.70. The van der Waals surface area contributed by atoms with Crippen LogP contribution in [0.1, 0.15) is 105 Å². The smallest absolute Gasteiger partial charge is 0.331 e. The first-order valence-corrected chi connectivity index (χ1v) is 26.8. The highest BCUT2D eigenvalue weighted by atomic mass is 16.8. The van der Waals surface area contributed by atoms with Crippen LogP contribution >= 0.6 is 0 Å². The molecule has 5 aliphatic heterocycles. The second kappa shape index (κ2) is 19.9. The fraction of sp³-hybridized carbons (Fsp3) is 0.800. The number of allylic oxidation sites excluding steroid dienone is 1. The standard InChI is InChI=1S/C55H80O19/c1-27(2)20-30-21-53(7,65)46-31-13-14-36-51(5)18-17-37(50(3,4)35(51)16-19-52(36,6)54(31)25-55(46,74-30)67-26-54)70-49-45(73-47-41(63)39(61)33(22-56)68-47)43(32(59)24-66-49)72-48-42(64)44(40(62)34(23-57)69-48)71-38(60)15-10-28-8-11-29(58)12-9-28/h8-12,15,20,30-37,39-49,56-59,61-65H,13-14,16-19,21-26H2,1-7H3/b15-10+/t30-,31-,32+,33+,34-,35+,36-,37+,39+,40-,41-,42-,43+,44+,45-,46+,47+,48+,49+,51+,52-,53+,54+,55+/m1/s1. The quantitative estimate of drug-likeness (QED) is 0.0630. The monoisotopic (exact) mass is 1040 g/mol. The van der Waals surface area contributed by atoms with Crippen molar-refractivity contribution in [3.8, 4) is 5.75 Å². The number of benzene rings is 1. The molecular formula is C55H80O19. The largest absolute Gasteiger partial charge is 0.508 e. The predicted molar refractivity (Wildman–Crippen MR) is 260 cm³/mol. The first-order valence-electron chi connectivity index (χ1n) is 26.8. The molecule has 19 heteroatoms. The maximum absolute atomic E-state index is 13.1. The Balaban J connectivity index is 0.889. The topological polar surface area (TPSA) is 282 Å². The van der Waals surface area contributed by atoms with Gasteiger partial charge in [0.2, 0.25) is 0 Å². The fourth-order valence-corrected chi connectivity index (χ4v) is 16.7. The van der Waals surface area contributed by atoms with E-state index in [1.54, 1.807) is 12.1 Å². The molecule has 4 saturated carbocycles. The summed E-state index contributed by atoms with van der Waals surface area (Å²) in [6.45, 7) is 14.3. The van der Waals surface area contributed by atoms with Crippen LogP contribution < -0.4 is 0 Å². The van der Waals surface area contributed by atoms with Crippen molar-refractivity contribution in [3.05, 3.63) is 47.6 Å². The summed E-state index contributed by atoms with van der Waals surface area (Å²) in [5, 5.41) is 98.5. The highest BCUT2D eigenvalue weighted by Gasteiger charge is 2.81. The first kappa shape index (κ1) is 54.7. The number of fused-ring (bicyclic) bond motifs is 4. The van der Waals surface area contributed by atoms with E-state index in [4.69, 9.17) is 42.6 Å². The van der Waals surface area contributed by atoms with E-state index in [0.717, 1.165) is 50.2 Å². The molecule has 0 radical (unpaired) electrons. The third kappa shape index (κ3) is 8.94. The first-order chi connectivity index (χ1) is 34.9. The lowest BCUT2D eigenvalue weighted by molar-refractivity contribution is -0.375. The molecular weight excluding hydrogens is 965 g/mol. The maximum Gasteiger partial charge on any atom is 0.331 e. The van der Waals surface area contributed by atoms with E-state index in [0.29, 0.717) is 30.9 Å². The van der Waals surface area contributed by atoms with Gasteiger partial charge in [-0.2, -0.15) is 0 Å². The number of hydrogen-bond donors (Lipinski definition) is 9. The third-order valence-electron chi connectivity index (χ3n) is 19.9. The number of aliphatic hydroxyl groups excluding tert-OH is 7. The number of carbonyl (C=O) groups excluding carboxylic acids is 1. The fourth-order valence-electron chi connectivity index (χ4n) is 16.7. The van der Waals surface area contributed by atoms with Crippen LogP contribution in [0.2, 0.25) is 0 Å². The number of phenolic OH excluding ortho intramolecular Hbond substituents is 1. The van der Waals surface area contributed by atoms with E-state index in [1.807, 2.05) is 6.92 Å². The zero-order valence-corrected chi connectivity index (χ0v) is 43.6. The average molecular weight is 1050 g/mol. The number of esters is 1. The average Bonchev–Trinajstić information content (AvgIpc) is 3.96. The van der Waals surface area contributed by atoms with Crippen molar-refractivity contribution in [1.82, 2.24) is 0 Å². The van der Waals surface area contributed by atoms with Gasteiger partial charge in [0.15, 0.2) is 30.8 Å². The Hall–Kier alpha value is -2.67. The van der Waals surface area contributed by atoms with Crippen LogP contribution in [0, 0.1) is 45.3 Å². The van der Waals surface area contributed by atoms with Gasteiger partial charge in [0.1, 0.15) is 60.7 Å². The van der Waals surface area contributed by atoms with Crippen LogP contribution in [-0.4, -0.2) is 182 Å². The summed E-state index contributed by atoms with van der Waals surface area (Å²) >= 11 is 0. The van der Waals surface area contributed by atoms with Crippen LogP contribution in [0.25, 0.3) is 6.08 Å². The number of rotatable bonds is 12. The summed E-state index contributed by atoms with van der Waals surface area (Å²) in [5.41, 5.74) is -0.0976. The molecule has 0 aromatic heterocycles. The molecule has 19 nitrogen and oxygen atoms in total. The van der Waals surface area contributed by atoms with Crippen molar-refractivity contribution in [1.29, 1.82) is 0 Å². The van der Waals surface area contributed by atoms with Crippen molar-refractivity contribution in [2.75, 3.05) is 26.4 Å². The Labute approximate surface area is 432 Å². The van der Waals surface area contributed by atoms with Gasteiger partial charge in [-0.15, -0.1) is 0 Å². The second-order valence-corrected chi connectivity index (χ2v) is 24.8. The van der Waals surface area contributed by atoms with Gasteiger partial charge in [-0.1, -0.05) is 51.5 Å². The van der Waals surface area contributed by atoms with Gasteiger partial charge < -0.3 is 88.6 Å². The predicted octanol–water partition coefficient (Wildman–Crippen LogP) is 2.58. The van der Waals surface area contributed by atoms with E-state index >= 15 is 0 Å².